The van der Waals surface area contributed by atoms with Gasteiger partial charge in [-0.25, -0.2) is 8.42 Å². The van der Waals surface area contributed by atoms with Crippen molar-refractivity contribution in [3.63, 3.8) is 0 Å². The van der Waals surface area contributed by atoms with Crippen LogP contribution in [-0.2, 0) is 26.2 Å². The van der Waals surface area contributed by atoms with E-state index in [4.69, 9.17) is 23.7 Å². The SMILES string of the molecule is CC[C@@H](C(=O)NC)N(Cc1cccc(OC)c1)C(=O)CN(c1cc(OC)ccc1OC)S(=O)(=O)c1ccc(OC)c(OC)c1. The minimum absolute atomic E-state index is 0.0153. The number of hydrogen-bond acceptors (Lipinski definition) is 9. The molecule has 0 saturated heterocycles. The molecule has 3 rings (SSSR count). The van der Waals surface area contributed by atoms with E-state index in [2.05, 4.69) is 5.32 Å². The quantitative estimate of drug-likeness (QED) is 0.268. The zero-order chi connectivity index (χ0) is 32.4. The van der Waals surface area contributed by atoms with Crippen molar-refractivity contribution in [2.24, 2.45) is 0 Å². The maximum Gasteiger partial charge on any atom is 0.265 e. The summed E-state index contributed by atoms with van der Waals surface area (Å²) in [6, 6.07) is 14.9. The van der Waals surface area contributed by atoms with Crippen LogP contribution in [0.4, 0.5) is 5.69 Å². The molecule has 0 aliphatic heterocycles. The third-order valence-corrected chi connectivity index (χ3v) is 8.75. The van der Waals surface area contributed by atoms with Crippen LogP contribution in [0.1, 0.15) is 18.9 Å². The van der Waals surface area contributed by atoms with Crippen LogP contribution < -0.4 is 33.3 Å². The van der Waals surface area contributed by atoms with Gasteiger partial charge in [0.25, 0.3) is 10.0 Å². The van der Waals surface area contributed by atoms with Crippen LogP contribution in [0.3, 0.4) is 0 Å². The lowest BCUT2D eigenvalue weighted by atomic mass is 10.1. The predicted molar refractivity (Wildman–Crippen MR) is 165 cm³/mol. The summed E-state index contributed by atoms with van der Waals surface area (Å²) in [7, 11) is 4.22. The highest BCUT2D eigenvalue weighted by Gasteiger charge is 2.35. The highest BCUT2D eigenvalue weighted by molar-refractivity contribution is 7.92. The van der Waals surface area contributed by atoms with E-state index in [1.807, 2.05) is 0 Å². The topological polar surface area (TPSA) is 133 Å². The number of hydrogen-bond donors (Lipinski definition) is 1. The van der Waals surface area contributed by atoms with Crippen LogP contribution in [0.15, 0.2) is 65.6 Å². The van der Waals surface area contributed by atoms with Crippen LogP contribution in [0.2, 0.25) is 0 Å². The van der Waals surface area contributed by atoms with Crippen LogP contribution in [0, 0.1) is 0 Å². The number of nitrogens with zero attached hydrogens (tertiary/aromatic N) is 2. The molecule has 238 valence electrons. The van der Waals surface area contributed by atoms with E-state index in [0.717, 1.165) is 4.31 Å². The van der Waals surface area contributed by atoms with Gasteiger partial charge in [-0.05, 0) is 48.4 Å². The van der Waals surface area contributed by atoms with Gasteiger partial charge in [0, 0.05) is 25.7 Å². The molecule has 0 aromatic heterocycles. The molecule has 12 nitrogen and oxygen atoms in total. The number of sulfonamides is 1. The van der Waals surface area contributed by atoms with Crippen molar-refractivity contribution >= 4 is 27.5 Å². The maximum atomic E-state index is 14.4. The number of benzene rings is 3. The first kappa shape index (κ1) is 33.8. The third kappa shape index (κ3) is 7.46. The van der Waals surface area contributed by atoms with Crippen LogP contribution in [0.25, 0.3) is 0 Å². The Hall–Kier alpha value is -4.65. The summed E-state index contributed by atoms with van der Waals surface area (Å²) >= 11 is 0. The first-order valence-corrected chi connectivity index (χ1v) is 15.1. The fraction of sp³-hybridized carbons (Fsp3) is 0.355. The van der Waals surface area contributed by atoms with E-state index < -0.39 is 34.4 Å². The van der Waals surface area contributed by atoms with Crippen LogP contribution in [0.5, 0.6) is 28.7 Å². The molecule has 0 heterocycles. The number of anilines is 1. The zero-order valence-corrected chi connectivity index (χ0v) is 26.8. The van der Waals surface area contributed by atoms with E-state index in [9.17, 15) is 18.0 Å². The van der Waals surface area contributed by atoms with Gasteiger partial charge in [0.15, 0.2) is 11.5 Å². The van der Waals surface area contributed by atoms with E-state index >= 15 is 0 Å². The molecule has 0 saturated carbocycles. The molecule has 0 bridgehead atoms. The second-order valence-electron chi connectivity index (χ2n) is 9.48. The minimum Gasteiger partial charge on any atom is -0.497 e. The summed E-state index contributed by atoms with van der Waals surface area (Å²) in [5.41, 5.74) is 0.748. The average Bonchev–Trinajstić information content (AvgIpc) is 3.05. The molecule has 1 N–H and O–H groups in total. The summed E-state index contributed by atoms with van der Waals surface area (Å²) in [6.45, 7) is 1.12. The van der Waals surface area contributed by atoms with Gasteiger partial charge in [0.05, 0.1) is 46.1 Å². The number of likely N-dealkylation sites (N-methyl/N-ethyl adjacent to an activating group) is 1. The number of rotatable bonds is 15. The van der Waals surface area contributed by atoms with Gasteiger partial charge < -0.3 is 33.9 Å². The van der Waals surface area contributed by atoms with Crippen LogP contribution in [-0.4, -0.2) is 80.3 Å². The normalized spacial score (nSPS) is 11.6. The maximum absolute atomic E-state index is 14.4. The Morgan fingerprint density at radius 1 is 0.795 bits per heavy atom. The molecule has 2 amide bonds. The lowest BCUT2D eigenvalue weighted by molar-refractivity contribution is -0.140. The number of amides is 2. The largest absolute Gasteiger partial charge is 0.497 e. The number of ether oxygens (including phenoxy) is 5. The molecule has 0 aliphatic carbocycles. The van der Waals surface area contributed by atoms with Crippen molar-refractivity contribution in [3.8, 4) is 28.7 Å². The Kier molecular flexibility index (Phi) is 11.7. The first-order valence-electron chi connectivity index (χ1n) is 13.7. The Bertz CT molecular complexity index is 1560. The molecule has 0 unspecified atom stereocenters. The van der Waals surface area contributed by atoms with Crippen molar-refractivity contribution in [3.05, 3.63) is 66.2 Å². The van der Waals surface area contributed by atoms with Crippen molar-refractivity contribution in [2.45, 2.75) is 30.8 Å². The molecule has 0 radical (unpaired) electrons. The van der Waals surface area contributed by atoms with Gasteiger partial charge in [-0.1, -0.05) is 19.1 Å². The predicted octanol–water partition coefficient (Wildman–Crippen LogP) is 3.48. The van der Waals surface area contributed by atoms with Gasteiger partial charge in [0.1, 0.15) is 29.8 Å². The molecule has 13 heteroatoms. The molecule has 0 fully saturated rings. The average molecular weight is 630 g/mol. The molecule has 3 aromatic rings. The number of nitrogens with one attached hydrogen (secondary N) is 1. The molecule has 1 atom stereocenters. The Morgan fingerprint density at radius 2 is 1.43 bits per heavy atom. The van der Waals surface area contributed by atoms with Gasteiger partial charge in [0.2, 0.25) is 11.8 Å². The molecule has 44 heavy (non-hydrogen) atoms. The number of carbonyl (C=O) groups excluding carboxylic acids is 2. The zero-order valence-electron chi connectivity index (χ0n) is 25.9. The van der Waals surface area contributed by atoms with E-state index in [1.54, 1.807) is 43.3 Å². The van der Waals surface area contributed by atoms with E-state index in [1.165, 1.54) is 71.8 Å². The highest BCUT2D eigenvalue weighted by Crippen LogP contribution is 2.38. The monoisotopic (exact) mass is 629 g/mol. The summed E-state index contributed by atoms with van der Waals surface area (Å²) in [6.07, 6.45) is 0.278. The lowest BCUT2D eigenvalue weighted by Gasteiger charge is -2.33. The number of methoxy groups -OCH3 is 5. The lowest BCUT2D eigenvalue weighted by Crippen LogP contribution is -2.51. The molecular formula is C31H39N3O9S. The fourth-order valence-corrected chi connectivity index (χ4v) is 6.10. The van der Waals surface area contributed by atoms with Crippen molar-refractivity contribution in [1.82, 2.24) is 10.2 Å². The summed E-state index contributed by atoms with van der Waals surface area (Å²) in [5, 5.41) is 2.61. The Balaban J connectivity index is 2.20. The van der Waals surface area contributed by atoms with Gasteiger partial charge in [-0.3, -0.25) is 13.9 Å². The standard InChI is InChI=1S/C31H39N3O9S/c1-8-25(31(36)32-2)33(19-21-10-9-11-22(16-21)39-3)30(35)20-34(26-17-23(40-4)12-14-27(26)41-5)44(37,38)24-13-15-28(42-6)29(18-24)43-7/h9-18,25H,8,19-20H2,1-7H3,(H,32,36)/t25-/m0/s1. The first-order chi connectivity index (χ1) is 21.1. The second-order valence-corrected chi connectivity index (χ2v) is 11.3. The third-order valence-electron chi connectivity index (χ3n) is 7.00. The van der Waals surface area contributed by atoms with Gasteiger partial charge >= 0.3 is 0 Å². The second kappa shape index (κ2) is 15.2. The van der Waals surface area contributed by atoms with Crippen molar-refractivity contribution < 1.29 is 41.7 Å². The van der Waals surface area contributed by atoms with E-state index in [-0.39, 0.29) is 35.0 Å². The minimum atomic E-state index is -4.45. The summed E-state index contributed by atoms with van der Waals surface area (Å²) in [5.74, 6) is 0.582. The molecular weight excluding hydrogens is 590 g/mol. The highest BCUT2D eigenvalue weighted by atomic mass is 32.2. The Labute approximate surface area is 258 Å². The van der Waals surface area contributed by atoms with Crippen molar-refractivity contribution in [2.75, 3.05) is 53.4 Å². The van der Waals surface area contributed by atoms with Crippen LogP contribution >= 0.6 is 0 Å². The van der Waals surface area contributed by atoms with Gasteiger partial charge in [-0.2, -0.15) is 0 Å². The van der Waals surface area contributed by atoms with Crippen molar-refractivity contribution in [1.29, 1.82) is 0 Å². The smallest absolute Gasteiger partial charge is 0.265 e. The molecule has 0 aliphatic rings. The summed E-state index contributed by atoms with van der Waals surface area (Å²) < 4.78 is 56.5. The van der Waals surface area contributed by atoms with E-state index in [0.29, 0.717) is 22.8 Å². The molecule has 0 spiro atoms. The molecule has 3 aromatic carbocycles. The Morgan fingerprint density at radius 3 is 2.02 bits per heavy atom. The fourth-order valence-electron chi connectivity index (χ4n) is 4.66. The number of carbonyl (C=O) groups is 2. The summed E-state index contributed by atoms with van der Waals surface area (Å²) in [4.78, 5) is 28.4. The van der Waals surface area contributed by atoms with Gasteiger partial charge in [-0.15, -0.1) is 0 Å².